The van der Waals surface area contributed by atoms with Gasteiger partial charge in [-0.05, 0) is 18.1 Å². The first-order valence-electron chi connectivity index (χ1n) is 3.42. The van der Waals surface area contributed by atoms with Crippen LogP contribution in [0.1, 0.15) is 18.9 Å². The first kappa shape index (κ1) is 7.55. The van der Waals surface area contributed by atoms with Gasteiger partial charge in [0.2, 0.25) is 0 Å². The Bertz CT molecular complexity index is 210. The largest absolute Gasteiger partial charge is 0.263 e. The topological polar surface area (TPSA) is 12.9 Å². The van der Waals surface area contributed by atoms with Crippen LogP contribution in [0.2, 0.25) is 5.02 Å². The monoisotopic (exact) mass is 155 g/mol. The van der Waals surface area contributed by atoms with E-state index in [0.29, 0.717) is 0 Å². The predicted octanol–water partition coefficient (Wildman–Crippen LogP) is 2.69. The first-order valence-corrected chi connectivity index (χ1v) is 3.80. The molecule has 1 nitrogen and oxygen atoms in total. The zero-order valence-electron chi connectivity index (χ0n) is 5.97. The summed E-state index contributed by atoms with van der Waals surface area (Å²) < 4.78 is 0. The molecule has 0 aliphatic carbocycles. The fraction of sp³-hybridized carbons (Fsp3) is 0.375. The van der Waals surface area contributed by atoms with Crippen LogP contribution in [0.5, 0.6) is 0 Å². The Hall–Kier alpha value is -0.560. The second kappa shape index (κ2) is 3.57. The second-order valence-corrected chi connectivity index (χ2v) is 2.70. The van der Waals surface area contributed by atoms with Crippen molar-refractivity contribution in [2.24, 2.45) is 0 Å². The Morgan fingerprint density at radius 2 is 2.30 bits per heavy atom. The van der Waals surface area contributed by atoms with Crippen molar-refractivity contribution in [2.75, 3.05) is 0 Å². The van der Waals surface area contributed by atoms with Crippen molar-refractivity contribution in [3.8, 4) is 0 Å². The van der Waals surface area contributed by atoms with Crippen molar-refractivity contribution >= 4 is 11.6 Å². The number of nitrogens with zero attached hydrogens (tertiary/aromatic N) is 1. The maximum atomic E-state index is 5.72. The van der Waals surface area contributed by atoms with Crippen LogP contribution in [-0.2, 0) is 6.42 Å². The fourth-order valence-electron chi connectivity index (χ4n) is 0.881. The van der Waals surface area contributed by atoms with Gasteiger partial charge in [0, 0.05) is 12.4 Å². The van der Waals surface area contributed by atoms with E-state index in [2.05, 4.69) is 11.9 Å². The van der Waals surface area contributed by atoms with Crippen LogP contribution < -0.4 is 0 Å². The van der Waals surface area contributed by atoms with Crippen LogP contribution in [0.15, 0.2) is 18.5 Å². The second-order valence-electron chi connectivity index (χ2n) is 2.26. The van der Waals surface area contributed by atoms with Crippen molar-refractivity contribution in [3.05, 3.63) is 29.0 Å². The quantitative estimate of drug-likeness (QED) is 0.640. The van der Waals surface area contributed by atoms with Gasteiger partial charge in [-0.25, -0.2) is 0 Å². The van der Waals surface area contributed by atoms with E-state index in [1.807, 2.05) is 12.3 Å². The molecule has 1 heterocycles. The lowest BCUT2D eigenvalue weighted by molar-refractivity contribution is 0.914. The van der Waals surface area contributed by atoms with Crippen molar-refractivity contribution in [1.82, 2.24) is 4.98 Å². The van der Waals surface area contributed by atoms with E-state index >= 15 is 0 Å². The maximum Gasteiger partial charge on any atom is 0.0592 e. The van der Waals surface area contributed by atoms with Gasteiger partial charge in [0.25, 0.3) is 0 Å². The molecule has 0 spiro atoms. The zero-order chi connectivity index (χ0) is 7.40. The molecule has 0 bridgehead atoms. The van der Waals surface area contributed by atoms with Gasteiger partial charge in [-0.15, -0.1) is 0 Å². The van der Waals surface area contributed by atoms with Gasteiger partial charge < -0.3 is 0 Å². The Morgan fingerprint density at radius 3 is 2.90 bits per heavy atom. The van der Waals surface area contributed by atoms with Crippen LogP contribution >= 0.6 is 11.6 Å². The number of hydrogen-bond donors (Lipinski definition) is 0. The molecule has 1 rings (SSSR count). The zero-order valence-corrected chi connectivity index (χ0v) is 6.73. The highest BCUT2D eigenvalue weighted by Crippen LogP contribution is 2.09. The molecule has 0 fully saturated rings. The Morgan fingerprint density at radius 1 is 1.50 bits per heavy atom. The molecule has 10 heavy (non-hydrogen) atoms. The van der Waals surface area contributed by atoms with Gasteiger partial charge in [0.05, 0.1) is 5.02 Å². The molecule has 0 aliphatic rings. The summed E-state index contributed by atoms with van der Waals surface area (Å²) in [5.74, 6) is 0. The minimum atomic E-state index is 0.728. The van der Waals surface area contributed by atoms with Crippen LogP contribution in [-0.4, -0.2) is 4.98 Å². The molecule has 0 unspecified atom stereocenters. The van der Waals surface area contributed by atoms with Crippen LogP contribution in [0.3, 0.4) is 0 Å². The predicted molar refractivity (Wildman–Crippen MR) is 43.2 cm³/mol. The van der Waals surface area contributed by atoms with Gasteiger partial charge in [-0.2, -0.15) is 0 Å². The average molecular weight is 156 g/mol. The summed E-state index contributed by atoms with van der Waals surface area (Å²) in [5, 5.41) is 0.728. The summed E-state index contributed by atoms with van der Waals surface area (Å²) >= 11 is 5.72. The Labute approximate surface area is 66.0 Å². The maximum absolute atomic E-state index is 5.72. The Balaban J connectivity index is 2.75. The molecule has 0 saturated heterocycles. The lowest BCUT2D eigenvalue weighted by Crippen LogP contribution is -1.83. The lowest BCUT2D eigenvalue weighted by atomic mass is 10.2. The van der Waals surface area contributed by atoms with Crippen molar-refractivity contribution < 1.29 is 0 Å². The smallest absolute Gasteiger partial charge is 0.0592 e. The average Bonchev–Trinajstić information content (AvgIpc) is 1.88. The third-order valence-corrected chi connectivity index (χ3v) is 1.51. The van der Waals surface area contributed by atoms with E-state index in [4.69, 9.17) is 11.6 Å². The molecule has 0 saturated carbocycles. The van der Waals surface area contributed by atoms with E-state index in [0.717, 1.165) is 17.9 Å². The number of halogens is 1. The lowest BCUT2D eigenvalue weighted by Gasteiger charge is -1.95. The highest BCUT2D eigenvalue weighted by Gasteiger charge is 1.91. The summed E-state index contributed by atoms with van der Waals surface area (Å²) in [6.45, 7) is 2.14. The third kappa shape index (κ3) is 1.99. The molecule has 1 aromatic heterocycles. The van der Waals surface area contributed by atoms with E-state index in [1.165, 1.54) is 5.56 Å². The van der Waals surface area contributed by atoms with E-state index in [-0.39, 0.29) is 0 Å². The molecular formula is C8H10ClN. The van der Waals surface area contributed by atoms with Gasteiger partial charge in [0.15, 0.2) is 0 Å². The highest BCUT2D eigenvalue weighted by molar-refractivity contribution is 6.30. The van der Waals surface area contributed by atoms with Gasteiger partial charge >= 0.3 is 0 Å². The molecule has 54 valence electrons. The molecule has 0 radical (unpaired) electrons. The fourth-order valence-corrected chi connectivity index (χ4v) is 1.08. The van der Waals surface area contributed by atoms with Crippen LogP contribution in [0.4, 0.5) is 0 Å². The molecule has 0 atom stereocenters. The van der Waals surface area contributed by atoms with Crippen molar-refractivity contribution in [3.63, 3.8) is 0 Å². The van der Waals surface area contributed by atoms with Crippen LogP contribution in [0, 0.1) is 0 Å². The van der Waals surface area contributed by atoms with E-state index in [1.54, 1.807) is 6.20 Å². The third-order valence-electron chi connectivity index (χ3n) is 1.30. The van der Waals surface area contributed by atoms with Gasteiger partial charge in [0.1, 0.15) is 0 Å². The number of rotatable bonds is 2. The first-order chi connectivity index (χ1) is 4.83. The summed E-state index contributed by atoms with van der Waals surface area (Å²) in [6.07, 6.45) is 5.71. The van der Waals surface area contributed by atoms with Gasteiger partial charge in [-0.1, -0.05) is 24.9 Å². The molecular weight excluding hydrogens is 146 g/mol. The standard InChI is InChI=1S/C8H10ClN/c1-2-3-7-4-8(9)6-10-5-7/h4-6H,2-3H2,1H3. The number of hydrogen-bond acceptors (Lipinski definition) is 1. The molecule has 0 aliphatic heterocycles. The van der Waals surface area contributed by atoms with Crippen LogP contribution in [0.25, 0.3) is 0 Å². The SMILES string of the molecule is CCCc1cncc(Cl)c1. The summed E-state index contributed by atoms with van der Waals surface area (Å²) in [4.78, 5) is 3.97. The number of aromatic nitrogens is 1. The molecule has 0 N–H and O–H groups in total. The molecule has 0 amide bonds. The van der Waals surface area contributed by atoms with E-state index in [9.17, 15) is 0 Å². The highest BCUT2D eigenvalue weighted by atomic mass is 35.5. The number of aryl methyl sites for hydroxylation is 1. The van der Waals surface area contributed by atoms with E-state index < -0.39 is 0 Å². The summed E-state index contributed by atoms with van der Waals surface area (Å²) in [7, 11) is 0. The summed E-state index contributed by atoms with van der Waals surface area (Å²) in [5.41, 5.74) is 1.22. The minimum Gasteiger partial charge on any atom is -0.263 e. The van der Waals surface area contributed by atoms with Crippen molar-refractivity contribution in [2.45, 2.75) is 19.8 Å². The minimum absolute atomic E-state index is 0.728. The van der Waals surface area contributed by atoms with Crippen molar-refractivity contribution in [1.29, 1.82) is 0 Å². The number of pyridine rings is 1. The summed E-state index contributed by atoms with van der Waals surface area (Å²) in [6, 6.07) is 1.96. The molecule has 0 aromatic carbocycles. The Kier molecular flexibility index (Phi) is 2.69. The molecule has 1 aromatic rings. The normalized spacial score (nSPS) is 9.80. The van der Waals surface area contributed by atoms with Gasteiger partial charge in [-0.3, -0.25) is 4.98 Å². The molecule has 2 heteroatoms.